The number of rotatable bonds is 2. The zero-order valence-corrected chi connectivity index (χ0v) is 12.3. The van der Waals surface area contributed by atoms with Crippen LogP contribution in [0.1, 0.15) is 16.8 Å². The SMILES string of the molecule is O=C(Nc1ncccc1O)c1cc(Cl)c2c(c1)OCCCO2. The minimum absolute atomic E-state index is 0.0794. The molecule has 2 heterocycles. The quantitative estimate of drug-likeness (QED) is 0.889. The molecule has 1 aliphatic heterocycles. The van der Waals surface area contributed by atoms with E-state index in [2.05, 4.69) is 10.3 Å². The Balaban J connectivity index is 1.88. The van der Waals surface area contributed by atoms with E-state index in [1.165, 1.54) is 18.3 Å². The largest absolute Gasteiger partial charge is 0.504 e. The molecular weight excluding hydrogens is 308 g/mol. The van der Waals surface area contributed by atoms with E-state index in [1.807, 2.05) is 0 Å². The third-order valence-corrected chi connectivity index (χ3v) is 3.36. The van der Waals surface area contributed by atoms with Gasteiger partial charge in [-0.05, 0) is 24.3 Å². The van der Waals surface area contributed by atoms with E-state index < -0.39 is 5.91 Å². The van der Waals surface area contributed by atoms with Crippen molar-refractivity contribution in [2.75, 3.05) is 18.5 Å². The number of amides is 1. The van der Waals surface area contributed by atoms with Crippen molar-refractivity contribution < 1.29 is 19.4 Å². The van der Waals surface area contributed by atoms with E-state index in [4.69, 9.17) is 21.1 Å². The predicted octanol–water partition coefficient (Wildman–Crippen LogP) is 2.85. The van der Waals surface area contributed by atoms with Crippen LogP contribution in [0, 0.1) is 0 Å². The highest BCUT2D eigenvalue weighted by Crippen LogP contribution is 2.38. The minimum atomic E-state index is -0.452. The number of pyridine rings is 1. The molecule has 2 aromatic rings. The monoisotopic (exact) mass is 320 g/mol. The first-order chi connectivity index (χ1) is 10.6. The molecule has 1 amide bonds. The topological polar surface area (TPSA) is 80.7 Å². The van der Waals surface area contributed by atoms with Gasteiger partial charge < -0.3 is 19.9 Å². The summed E-state index contributed by atoms with van der Waals surface area (Å²) in [6.45, 7) is 1.01. The first kappa shape index (κ1) is 14.5. The van der Waals surface area contributed by atoms with Crippen LogP contribution in [0.5, 0.6) is 17.2 Å². The van der Waals surface area contributed by atoms with Crippen LogP contribution in [0.2, 0.25) is 5.02 Å². The standard InChI is InChI=1S/C15H13ClN2O4/c16-10-7-9(8-12-13(10)22-6-2-5-21-12)15(20)18-14-11(19)3-1-4-17-14/h1,3-4,7-8,19H,2,5-6H2,(H,17,18,20). The molecule has 0 radical (unpaired) electrons. The molecule has 3 rings (SSSR count). The summed E-state index contributed by atoms with van der Waals surface area (Å²) >= 11 is 6.15. The summed E-state index contributed by atoms with van der Waals surface area (Å²) in [5, 5.41) is 12.5. The average molecular weight is 321 g/mol. The van der Waals surface area contributed by atoms with Gasteiger partial charge in [-0.2, -0.15) is 0 Å². The summed E-state index contributed by atoms with van der Waals surface area (Å²) in [5.74, 6) is 0.385. The highest BCUT2D eigenvalue weighted by atomic mass is 35.5. The molecule has 22 heavy (non-hydrogen) atoms. The number of benzene rings is 1. The first-order valence-corrected chi connectivity index (χ1v) is 7.07. The Hall–Kier alpha value is -2.47. The van der Waals surface area contributed by atoms with Crippen LogP contribution < -0.4 is 14.8 Å². The third-order valence-electron chi connectivity index (χ3n) is 3.08. The Morgan fingerprint density at radius 1 is 1.32 bits per heavy atom. The number of halogens is 1. The van der Waals surface area contributed by atoms with Crippen molar-refractivity contribution in [1.82, 2.24) is 4.98 Å². The molecule has 0 bridgehead atoms. The molecule has 1 aliphatic rings. The maximum atomic E-state index is 12.3. The lowest BCUT2D eigenvalue weighted by atomic mass is 10.2. The fraction of sp³-hybridized carbons (Fsp3) is 0.200. The molecule has 114 valence electrons. The van der Waals surface area contributed by atoms with Crippen LogP contribution in [0.25, 0.3) is 0 Å². The number of nitrogens with zero attached hydrogens (tertiary/aromatic N) is 1. The molecule has 1 aromatic carbocycles. The maximum Gasteiger partial charge on any atom is 0.257 e. The number of carbonyl (C=O) groups is 1. The van der Waals surface area contributed by atoms with Crippen LogP contribution >= 0.6 is 11.6 Å². The van der Waals surface area contributed by atoms with Crippen molar-refractivity contribution in [3.63, 3.8) is 0 Å². The number of fused-ring (bicyclic) bond motifs is 1. The summed E-state index contributed by atoms with van der Waals surface area (Å²) in [7, 11) is 0. The van der Waals surface area contributed by atoms with Gasteiger partial charge in [-0.1, -0.05) is 11.6 Å². The van der Waals surface area contributed by atoms with Crippen LogP contribution in [-0.2, 0) is 0 Å². The van der Waals surface area contributed by atoms with E-state index in [1.54, 1.807) is 12.1 Å². The van der Waals surface area contributed by atoms with E-state index >= 15 is 0 Å². The number of nitrogens with one attached hydrogen (secondary N) is 1. The summed E-state index contributed by atoms with van der Waals surface area (Å²) in [6.07, 6.45) is 2.21. The molecule has 6 nitrogen and oxygen atoms in total. The van der Waals surface area contributed by atoms with Gasteiger partial charge in [0.1, 0.15) is 0 Å². The molecule has 0 unspecified atom stereocenters. The second-order valence-electron chi connectivity index (χ2n) is 4.66. The molecule has 0 saturated carbocycles. The predicted molar refractivity (Wildman–Crippen MR) is 80.9 cm³/mol. The van der Waals surface area contributed by atoms with Crippen LogP contribution in [0.3, 0.4) is 0 Å². The number of aromatic hydroxyl groups is 1. The summed E-state index contributed by atoms with van der Waals surface area (Å²) < 4.78 is 11.0. The fourth-order valence-corrected chi connectivity index (χ4v) is 2.30. The molecule has 0 aliphatic carbocycles. The summed E-state index contributed by atoms with van der Waals surface area (Å²) in [6, 6.07) is 6.05. The van der Waals surface area contributed by atoms with E-state index in [0.29, 0.717) is 35.3 Å². The van der Waals surface area contributed by atoms with Gasteiger partial charge in [-0.25, -0.2) is 4.98 Å². The van der Waals surface area contributed by atoms with Crippen LogP contribution in [-0.4, -0.2) is 29.2 Å². The lowest BCUT2D eigenvalue weighted by Crippen LogP contribution is -2.13. The average Bonchev–Trinajstić information content (AvgIpc) is 2.75. The minimum Gasteiger partial charge on any atom is -0.504 e. The van der Waals surface area contributed by atoms with Gasteiger partial charge in [0, 0.05) is 18.2 Å². The van der Waals surface area contributed by atoms with Gasteiger partial charge in [-0.3, -0.25) is 4.79 Å². The highest BCUT2D eigenvalue weighted by molar-refractivity contribution is 6.32. The van der Waals surface area contributed by atoms with Crippen molar-refractivity contribution in [1.29, 1.82) is 0 Å². The Labute approximate surface area is 131 Å². The van der Waals surface area contributed by atoms with Crippen molar-refractivity contribution >= 4 is 23.3 Å². The number of aromatic nitrogens is 1. The van der Waals surface area contributed by atoms with Crippen molar-refractivity contribution in [3.05, 3.63) is 41.0 Å². The number of carbonyl (C=O) groups excluding carboxylic acids is 1. The van der Waals surface area contributed by atoms with Crippen molar-refractivity contribution in [2.24, 2.45) is 0 Å². The molecule has 0 spiro atoms. The molecule has 0 fully saturated rings. The van der Waals surface area contributed by atoms with Gasteiger partial charge in [-0.15, -0.1) is 0 Å². The summed E-state index contributed by atoms with van der Waals surface area (Å²) in [5.41, 5.74) is 0.291. The lowest BCUT2D eigenvalue weighted by Gasteiger charge is -2.11. The molecule has 0 atom stereocenters. The zero-order valence-electron chi connectivity index (χ0n) is 11.5. The first-order valence-electron chi connectivity index (χ1n) is 6.69. The molecular formula is C15H13ClN2O4. The van der Waals surface area contributed by atoms with Gasteiger partial charge in [0.25, 0.3) is 5.91 Å². The normalized spacial score (nSPS) is 13.3. The Morgan fingerprint density at radius 3 is 2.95 bits per heavy atom. The van der Waals surface area contributed by atoms with E-state index in [-0.39, 0.29) is 11.6 Å². The van der Waals surface area contributed by atoms with E-state index in [0.717, 1.165) is 6.42 Å². The third kappa shape index (κ3) is 2.92. The molecule has 1 aromatic heterocycles. The van der Waals surface area contributed by atoms with E-state index in [9.17, 15) is 9.90 Å². The number of hydrogen-bond donors (Lipinski definition) is 2. The van der Waals surface area contributed by atoms with Gasteiger partial charge in [0.15, 0.2) is 23.1 Å². The van der Waals surface area contributed by atoms with Crippen molar-refractivity contribution in [2.45, 2.75) is 6.42 Å². The Kier molecular flexibility index (Phi) is 4.02. The van der Waals surface area contributed by atoms with Crippen LogP contribution in [0.15, 0.2) is 30.5 Å². The number of hydrogen-bond acceptors (Lipinski definition) is 5. The molecule has 0 saturated heterocycles. The van der Waals surface area contributed by atoms with Crippen molar-refractivity contribution in [3.8, 4) is 17.2 Å². The summed E-state index contributed by atoms with van der Waals surface area (Å²) in [4.78, 5) is 16.2. The zero-order chi connectivity index (χ0) is 15.5. The Morgan fingerprint density at radius 2 is 2.14 bits per heavy atom. The number of ether oxygens (including phenoxy) is 2. The van der Waals surface area contributed by atoms with Gasteiger partial charge in [0.2, 0.25) is 0 Å². The lowest BCUT2D eigenvalue weighted by molar-refractivity contribution is 0.102. The molecule has 7 heteroatoms. The van der Waals surface area contributed by atoms with Crippen LogP contribution in [0.4, 0.5) is 5.82 Å². The van der Waals surface area contributed by atoms with Gasteiger partial charge >= 0.3 is 0 Å². The Bertz CT molecular complexity index is 721. The second-order valence-corrected chi connectivity index (χ2v) is 5.07. The highest BCUT2D eigenvalue weighted by Gasteiger charge is 2.19. The fourth-order valence-electron chi connectivity index (χ4n) is 2.03. The number of anilines is 1. The van der Waals surface area contributed by atoms with Gasteiger partial charge in [0.05, 0.1) is 18.2 Å². The molecule has 2 N–H and O–H groups in total. The second kappa shape index (κ2) is 6.11. The smallest absolute Gasteiger partial charge is 0.257 e. The maximum absolute atomic E-state index is 12.3.